The van der Waals surface area contributed by atoms with Gasteiger partial charge in [0.05, 0.1) is 33.3 Å². The molecule has 0 saturated heterocycles. The highest BCUT2D eigenvalue weighted by Crippen LogP contribution is 2.40. The summed E-state index contributed by atoms with van der Waals surface area (Å²) >= 11 is 0. The molecule has 3 rings (SSSR count). The van der Waals surface area contributed by atoms with Crippen LogP contribution in [0.5, 0.6) is 11.5 Å². The van der Waals surface area contributed by atoms with Crippen LogP contribution in [0.4, 0.5) is 0 Å². The molecule has 3 aliphatic rings. The van der Waals surface area contributed by atoms with Gasteiger partial charge in [-0.25, -0.2) is 0 Å². The molecule has 0 amide bonds. The van der Waals surface area contributed by atoms with E-state index in [-0.39, 0.29) is 15.4 Å². The Balaban J connectivity index is 2.47. The molecule has 0 atom stereocenters. The van der Waals surface area contributed by atoms with Gasteiger partial charge in [0.2, 0.25) is 0 Å². The van der Waals surface area contributed by atoms with Gasteiger partial charge in [-0.15, -0.1) is 0 Å². The van der Waals surface area contributed by atoms with Gasteiger partial charge in [-0.1, -0.05) is 0 Å². The molecule has 69 valence electrons. The van der Waals surface area contributed by atoms with E-state index in [2.05, 4.69) is 0 Å². The van der Waals surface area contributed by atoms with Gasteiger partial charge < -0.3 is 13.3 Å². The number of rotatable bonds is 0. The molecule has 4 nitrogen and oxygen atoms in total. The standard InChI is InChI=1S/C9H4O4Si/c10-5-3-7-9-6(1-2-11-7)12-14-13-8(9)4-5/h1-4H/q-1. The lowest BCUT2D eigenvalue weighted by atomic mass is 10.1. The molecule has 0 fully saturated rings. The second kappa shape index (κ2) is 2.62. The van der Waals surface area contributed by atoms with E-state index in [1.807, 2.05) is 0 Å². The summed E-state index contributed by atoms with van der Waals surface area (Å²) in [4.78, 5) is 11.2. The molecular weight excluding hydrogens is 200 g/mol. The minimum absolute atomic E-state index is 0.100. The van der Waals surface area contributed by atoms with Crippen molar-refractivity contribution in [1.29, 1.82) is 0 Å². The first-order valence-corrected chi connectivity index (χ1v) is 4.80. The third-order valence-electron chi connectivity index (χ3n) is 2.00. The molecule has 1 aliphatic carbocycles. The molecular formula is C9H4O4Si-. The Morgan fingerprint density at radius 3 is 2.93 bits per heavy atom. The lowest BCUT2D eigenvalue weighted by molar-refractivity contribution is 0.428. The predicted octanol–water partition coefficient (Wildman–Crippen LogP) is 1.05. The summed E-state index contributed by atoms with van der Waals surface area (Å²) in [6.07, 6.45) is 1.50. The maximum Gasteiger partial charge on any atom is 0.185 e. The lowest BCUT2D eigenvalue weighted by Crippen LogP contribution is -2.18. The largest absolute Gasteiger partial charge is 0.694 e. The highest BCUT2D eigenvalue weighted by atomic mass is 28.3. The first-order chi connectivity index (χ1) is 6.84. The Bertz CT molecular complexity index is 519. The summed E-state index contributed by atoms with van der Waals surface area (Å²) in [5.74, 6) is 1.73. The highest BCUT2D eigenvalue weighted by molar-refractivity contribution is 6.22. The zero-order valence-electron chi connectivity index (χ0n) is 6.94. The normalized spacial score (nSPS) is 13.4. The molecule has 0 bridgehead atoms. The maximum atomic E-state index is 11.2. The summed E-state index contributed by atoms with van der Waals surface area (Å²) in [5.41, 5.74) is 0.603. The molecule has 0 spiro atoms. The second-order valence-corrected chi connectivity index (χ2v) is 3.44. The van der Waals surface area contributed by atoms with E-state index >= 15 is 0 Å². The molecule has 2 heterocycles. The number of hydrogen-bond acceptors (Lipinski definition) is 4. The molecule has 0 N–H and O–H groups in total. The molecule has 0 saturated carbocycles. The topological polar surface area (TPSA) is 48.7 Å². The van der Waals surface area contributed by atoms with Crippen molar-refractivity contribution in [3.05, 3.63) is 34.7 Å². The summed E-state index contributed by atoms with van der Waals surface area (Å²) in [6, 6.07) is 4.58. The van der Waals surface area contributed by atoms with Crippen LogP contribution in [-0.2, 0) is 0 Å². The fraction of sp³-hybridized carbons (Fsp3) is 0. The molecule has 2 aliphatic heterocycles. The van der Waals surface area contributed by atoms with Crippen molar-refractivity contribution in [2.24, 2.45) is 0 Å². The molecule has 5 heteroatoms. The first kappa shape index (κ1) is 7.63. The third kappa shape index (κ3) is 0.958. The van der Waals surface area contributed by atoms with Crippen molar-refractivity contribution in [2.45, 2.75) is 0 Å². The van der Waals surface area contributed by atoms with Crippen LogP contribution >= 0.6 is 0 Å². The van der Waals surface area contributed by atoms with E-state index in [0.29, 0.717) is 17.3 Å². The quantitative estimate of drug-likeness (QED) is 0.602. The van der Waals surface area contributed by atoms with E-state index in [4.69, 9.17) is 13.3 Å². The van der Waals surface area contributed by atoms with Crippen molar-refractivity contribution >= 4 is 10.0 Å². The average Bonchev–Trinajstić information content (AvgIpc) is 2.18. The van der Waals surface area contributed by atoms with Gasteiger partial charge >= 0.3 is 0 Å². The van der Waals surface area contributed by atoms with Crippen LogP contribution < -0.4 is 14.3 Å². The van der Waals surface area contributed by atoms with Gasteiger partial charge in [0, 0.05) is 18.2 Å². The number of hydrogen-bond donors (Lipinski definition) is 0. The van der Waals surface area contributed by atoms with Crippen molar-refractivity contribution in [1.82, 2.24) is 0 Å². The zero-order chi connectivity index (χ0) is 9.54. The van der Waals surface area contributed by atoms with Crippen LogP contribution in [0.3, 0.4) is 0 Å². The fourth-order valence-electron chi connectivity index (χ4n) is 1.43. The monoisotopic (exact) mass is 204 g/mol. The van der Waals surface area contributed by atoms with Crippen molar-refractivity contribution < 1.29 is 13.3 Å². The van der Waals surface area contributed by atoms with E-state index < -0.39 is 0 Å². The zero-order valence-corrected chi connectivity index (χ0v) is 7.94. The Morgan fingerprint density at radius 2 is 2.00 bits per heavy atom. The van der Waals surface area contributed by atoms with Gasteiger partial charge in [0.15, 0.2) is 5.43 Å². The van der Waals surface area contributed by atoms with E-state index in [1.54, 1.807) is 6.07 Å². The van der Waals surface area contributed by atoms with Gasteiger partial charge in [-0.05, 0) is 0 Å². The smallest absolute Gasteiger partial charge is 0.185 e. The van der Waals surface area contributed by atoms with Crippen LogP contribution in [0, 0.1) is 0 Å². The highest BCUT2D eigenvalue weighted by Gasteiger charge is 2.17. The summed E-state index contributed by atoms with van der Waals surface area (Å²) in [7, 11) is -0.100. The Hall–Kier alpha value is -1.75. The predicted molar refractivity (Wildman–Crippen MR) is 48.6 cm³/mol. The van der Waals surface area contributed by atoms with Gasteiger partial charge in [-0.3, -0.25) is 4.79 Å². The first-order valence-electron chi connectivity index (χ1n) is 3.99. The minimum Gasteiger partial charge on any atom is -0.694 e. The summed E-state index contributed by atoms with van der Waals surface area (Å²) in [6.45, 7) is 0. The Morgan fingerprint density at radius 1 is 1.14 bits per heavy atom. The van der Waals surface area contributed by atoms with Crippen molar-refractivity contribution in [2.75, 3.05) is 0 Å². The summed E-state index contributed by atoms with van der Waals surface area (Å²) < 4.78 is 15.7. The summed E-state index contributed by atoms with van der Waals surface area (Å²) in [5, 5.41) is 0. The molecule has 0 aromatic heterocycles. The van der Waals surface area contributed by atoms with Gasteiger partial charge in [-0.2, -0.15) is 0 Å². The van der Waals surface area contributed by atoms with Crippen molar-refractivity contribution in [3.63, 3.8) is 0 Å². The third-order valence-corrected chi connectivity index (χ3v) is 2.61. The van der Waals surface area contributed by atoms with E-state index in [0.717, 1.165) is 5.56 Å². The van der Waals surface area contributed by atoms with Crippen LogP contribution in [0.25, 0.3) is 11.3 Å². The van der Waals surface area contributed by atoms with E-state index in [1.165, 1.54) is 18.4 Å². The van der Waals surface area contributed by atoms with Crippen LogP contribution in [0.15, 0.2) is 33.7 Å². The van der Waals surface area contributed by atoms with E-state index in [9.17, 15) is 4.79 Å². The maximum absolute atomic E-state index is 11.2. The second-order valence-electron chi connectivity index (χ2n) is 2.87. The van der Waals surface area contributed by atoms with Crippen LogP contribution in [0.1, 0.15) is 0 Å². The molecule has 1 radical (unpaired) electrons. The Kier molecular flexibility index (Phi) is 1.43. The molecule has 0 aromatic carbocycles. The van der Waals surface area contributed by atoms with Crippen LogP contribution in [-0.4, -0.2) is 10.0 Å². The van der Waals surface area contributed by atoms with Gasteiger partial charge in [0.1, 0.15) is 5.76 Å². The fourth-order valence-corrected chi connectivity index (χ4v) is 1.98. The molecule has 14 heavy (non-hydrogen) atoms. The van der Waals surface area contributed by atoms with Crippen LogP contribution in [0.2, 0.25) is 0 Å². The lowest BCUT2D eigenvalue weighted by Gasteiger charge is -2.31. The minimum atomic E-state index is -0.125. The number of benzene rings is 1. The average molecular weight is 204 g/mol. The van der Waals surface area contributed by atoms with Gasteiger partial charge in [0.25, 0.3) is 0 Å². The molecule has 0 unspecified atom stereocenters. The van der Waals surface area contributed by atoms with Crippen molar-refractivity contribution in [3.8, 4) is 22.8 Å². The Labute approximate surface area is 81.5 Å². The molecule has 0 aromatic rings. The SMILES string of the molecule is O=c1cc2occc3c-2c(c1)O[Si-]O3.